The molecule has 5 nitrogen and oxygen atoms in total. The lowest BCUT2D eigenvalue weighted by Crippen LogP contribution is -2.35. The zero-order valence-corrected chi connectivity index (χ0v) is 12.9. The number of aryl methyl sites for hydroxylation is 2. The molecule has 3 N–H and O–H groups in total. The van der Waals surface area contributed by atoms with Gasteiger partial charge >= 0.3 is 0 Å². The fraction of sp³-hybridized carbons (Fsp3) is 0.333. The van der Waals surface area contributed by atoms with Crippen molar-refractivity contribution in [2.24, 2.45) is 5.73 Å². The summed E-state index contributed by atoms with van der Waals surface area (Å²) in [5.41, 5.74) is 8.63. The van der Waals surface area contributed by atoms with E-state index >= 15 is 0 Å². The van der Waals surface area contributed by atoms with Crippen LogP contribution in [0.4, 0.5) is 0 Å². The number of carbonyl (C=O) groups excluding carboxylic acids is 1. The van der Waals surface area contributed by atoms with Gasteiger partial charge in [-0.05, 0) is 25.8 Å². The van der Waals surface area contributed by atoms with E-state index in [4.69, 9.17) is 10.3 Å². The SMILES string of the molecule is Cc1noc(C)c1CCNC(=O)C(N)c1ccccc1.Cl. The summed E-state index contributed by atoms with van der Waals surface area (Å²) in [6.45, 7) is 4.28. The molecule has 0 saturated carbocycles. The number of carbonyl (C=O) groups is 1. The van der Waals surface area contributed by atoms with Crippen LogP contribution in [0.3, 0.4) is 0 Å². The van der Waals surface area contributed by atoms with Gasteiger partial charge < -0.3 is 15.6 Å². The minimum Gasteiger partial charge on any atom is -0.361 e. The van der Waals surface area contributed by atoms with Crippen molar-refractivity contribution in [1.82, 2.24) is 10.5 Å². The van der Waals surface area contributed by atoms with Crippen LogP contribution < -0.4 is 11.1 Å². The van der Waals surface area contributed by atoms with Crippen LogP contribution in [0.1, 0.15) is 28.6 Å². The van der Waals surface area contributed by atoms with Gasteiger partial charge in [0.25, 0.3) is 0 Å². The molecule has 0 radical (unpaired) electrons. The maximum Gasteiger partial charge on any atom is 0.241 e. The van der Waals surface area contributed by atoms with Gasteiger partial charge in [-0.25, -0.2) is 0 Å². The van der Waals surface area contributed by atoms with E-state index in [1.54, 1.807) is 0 Å². The van der Waals surface area contributed by atoms with Crippen LogP contribution in [0.25, 0.3) is 0 Å². The van der Waals surface area contributed by atoms with Crippen molar-refractivity contribution in [2.75, 3.05) is 6.54 Å². The average molecular weight is 310 g/mol. The van der Waals surface area contributed by atoms with Gasteiger partial charge in [-0.1, -0.05) is 35.5 Å². The molecule has 0 saturated heterocycles. The number of nitrogens with one attached hydrogen (secondary N) is 1. The number of benzene rings is 1. The molecule has 0 aliphatic carbocycles. The highest BCUT2D eigenvalue weighted by molar-refractivity contribution is 5.85. The molecule has 1 aromatic carbocycles. The maximum absolute atomic E-state index is 12.0. The highest BCUT2D eigenvalue weighted by Crippen LogP contribution is 2.13. The van der Waals surface area contributed by atoms with Crippen molar-refractivity contribution in [3.8, 4) is 0 Å². The lowest BCUT2D eigenvalue weighted by Gasteiger charge is -2.12. The number of halogens is 1. The molecule has 1 unspecified atom stereocenters. The largest absolute Gasteiger partial charge is 0.361 e. The van der Waals surface area contributed by atoms with Crippen molar-refractivity contribution >= 4 is 18.3 Å². The van der Waals surface area contributed by atoms with Gasteiger partial charge in [0.05, 0.1) is 5.69 Å². The molecule has 114 valence electrons. The molecule has 0 fully saturated rings. The van der Waals surface area contributed by atoms with Gasteiger partial charge in [0.1, 0.15) is 11.8 Å². The van der Waals surface area contributed by atoms with Crippen LogP contribution in [0.15, 0.2) is 34.9 Å². The van der Waals surface area contributed by atoms with E-state index < -0.39 is 6.04 Å². The number of aromatic nitrogens is 1. The predicted octanol–water partition coefficient (Wildman–Crippen LogP) is 2.07. The Hall–Kier alpha value is -1.85. The number of nitrogens with two attached hydrogens (primary N) is 1. The summed E-state index contributed by atoms with van der Waals surface area (Å²) in [4.78, 5) is 12.0. The first kappa shape index (κ1) is 17.2. The Kier molecular flexibility index (Phi) is 6.39. The summed E-state index contributed by atoms with van der Waals surface area (Å²) in [5, 5.41) is 6.72. The maximum atomic E-state index is 12.0. The van der Waals surface area contributed by atoms with Crippen molar-refractivity contribution in [1.29, 1.82) is 0 Å². The Bertz CT molecular complexity index is 564. The van der Waals surface area contributed by atoms with Crippen LogP contribution in [0.5, 0.6) is 0 Å². The molecule has 0 bridgehead atoms. The molecule has 6 heteroatoms. The summed E-state index contributed by atoms with van der Waals surface area (Å²) in [6.07, 6.45) is 0.689. The minimum absolute atomic E-state index is 0. The molecule has 0 aliphatic rings. The van der Waals surface area contributed by atoms with Crippen LogP contribution in [-0.4, -0.2) is 17.6 Å². The zero-order chi connectivity index (χ0) is 14.5. The second-order valence-corrected chi connectivity index (χ2v) is 4.73. The highest BCUT2D eigenvalue weighted by atomic mass is 35.5. The lowest BCUT2D eigenvalue weighted by molar-refractivity contribution is -0.122. The minimum atomic E-state index is -0.638. The van der Waals surface area contributed by atoms with Gasteiger partial charge in [0.2, 0.25) is 5.91 Å². The first-order valence-electron chi connectivity index (χ1n) is 6.59. The van der Waals surface area contributed by atoms with E-state index in [1.165, 1.54) is 0 Å². The summed E-state index contributed by atoms with van der Waals surface area (Å²) in [7, 11) is 0. The Morgan fingerprint density at radius 1 is 1.33 bits per heavy atom. The number of nitrogens with zero attached hydrogens (tertiary/aromatic N) is 1. The smallest absolute Gasteiger partial charge is 0.241 e. The number of hydrogen-bond acceptors (Lipinski definition) is 4. The Morgan fingerprint density at radius 3 is 2.57 bits per heavy atom. The second kappa shape index (κ2) is 7.81. The van der Waals surface area contributed by atoms with Gasteiger partial charge in [-0.2, -0.15) is 0 Å². The predicted molar refractivity (Wildman–Crippen MR) is 83.3 cm³/mol. The van der Waals surface area contributed by atoms with Crippen molar-refractivity contribution in [3.05, 3.63) is 52.9 Å². The second-order valence-electron chi connectivity index (χ2n) is 4.73. The summed E-state index contributed by atoms with van der Waals surface area (Å²) >= 11 is 0. The first-order chi connectivity index (χ1) is 9.59. The van der Waals surface area contributed by atoms with Crippen LogP contribution in [0, 0.1) is 13.8 Å². The summed E-state index contributed by atoms with van der Waals surface area (Å²) in [6, 6.07) is 8.68. The van der Waals surface area contributed by atoms with E-state index in [2.05, 4.69) is 10.5 Å². The molecule has 21 heavy (non-hydrogen) atoms. The van der Waals surface area contributed by atoms with Gasteiger partial charge in [0, 0.05) is 12.1 Å². The number of hydrogen-bond donors (Lipinski definition) is 2. The Balaban J connectivity index is 0.00000220. The first-order valence-corrected chi connectivity index (χ1v) is 6.59. The van der Waals surface area contributed by atoms with Crippen LogP contribution in [-0.2, 0) is 11.2 Å². The van der Waals surface area contributed by atoms with E-state index in [0.29, 0.717) is 13.0 Å². The normalized spacial score (nSPS) is 11.6. The Morgan fingerprint density at radius 2 is 2.00 bits per heavy atom. The Labute approximate surface area is 130 Å². The van der Waals surface area contributed by atoms with E-state index in [-0.39, 0.29) is 18.3 Å². The quantitative estimate of drug-likeness (QED) is 0.886. The fourth-order valence-corrected chi connectivity index (χ4v) is 2.09. The van der Waals surface area contributed by atoms with Gasteiger partial charge in [-0.3, -0.25) is 4.79 Å². The molecule has 2 aromatic rings. The number of rotatable bonds is 5. The lowest BCUT2D eigenvalue weighted by atomic mass is 10.1. The fourth-order valence-electron chi connectivity index (χ4n) is 2.09. The molecular weight excluding hydrogens is 290 g/mol. The molecule has 1 amide bonds. The van der Waals surface area contributed by atoms with Gasteiger partial charge in [-0.15, -0.1) is 12.4 Å². The van der Waals surface area contributed by atoms with E-state index in [9.17, 15) is 4.79 Å². The van der Waals surface area contributed by atoms with Crippen LogP contribution >= 0.6 is 12.4 Å². The average Bonchev–Trinajstić information content (AvgIpc) is 2.79. The standard InChI is InChI=1S/C15H19N3O2.ClH/c1-10-13(11(2)20-18-10)8-9-17-15(19)14(16)12-6-4-3-5-7-12;/h3-7,14H,8-9,16H2,1-2H3,(H,17,19);1H. The van der Waals surface area contributed by atoms with Crippen molar-refractivity contribution in [3.63, 3.8) is 0 Å². The third kappa shape index (κ3) is 4.31. The summed E-state index contributed by atoms with van der Waals surface area (Å²) in [5.74, 6) is 0.618. The van der Waals surface area contributed by atoms with Crippen molar-refractivity contribution < 1.29 is 9.32 Å². The third-order valence-corrected chi connectivity index (χ3v) is 3.30. The van der Waals surface area contributed by atoms with Crippen molar-refractivity contribution in [2.45, 2.75) is 26.3 Å². The van der Waals surface area contributed by atoms with E-state index in [0.717, 1.165) is 22.6 Å². The monoisotopic (exact) mass is 309 g/mol. The molecule has 2 rings (SSSR count). The topological polar surface area (TPSA) is 81.2 Å². The highest BCUT2D eigenvalue weighted by Gasteiger charge is 2.15. The molecule has 0 spiro atoms. The van der Waals surface area contributed by atoms with Crippen LogP contribution in [0.2, 0.25) is 0 Å². The molecule has 1 atom stereocenters. The molecule has 1 aromatic heterocycles. The third-order valence-electron chi connectivity index (χ3n) is 3.30. The molecule has 0 aliphatic heterocycles. The molecule has 1 heterocycles. The summed E-state index contributed by atoms with van der Waals surface area (Å²) < 4.78 is 5.08. The zero-order valence-electron chi connectivity index (χ0n) is 12.1. The van der Waals surface area contributed by atoms with E-state index in [1.807, 2.05) is 44.2 Å². The van der Waals surface area contributed by atoms with Gasteiger partial charge in [0.15, 0.2) is 0 Å². The number of amides is 1. The molecular formula is C15H20ClN3O2.